The van der Waals surface area contributed by atoms with E-state index in [0.29, 0.717) is 6.04 Å². The van der Waals surface area contributed by atoms with E-state index < -0.39 is 0 Å². The molecule has 0 spiro atoms. The third kappa shape index (κ3) is 2.73. The summed E-state index contributed by atoms with van der Waals surface area (Å²) in [5.74, 6) is 0. The predicted octanol–water partition coefficient (Wildman–Crippen LogP) is 3.59. The van der Waals surface area contributed by atoms with Gasteiger partial charge in [-0.2, -0.15) is 0 Å². The molecule has 0 unspecified atom stereocenters. The Hall–Kier alpha value is -1.77. The summed E-state index contributed by atoms with van der Waals surface area (Å²) in [6.07, 6.45) is 2.11. The molecule has 1 aromatic carbocycles. The molecule has 3 heteroatoms. The van der Waals surface area contributed by atoms with Gasteiger partial charge in [-0.05, 0) is 44.5 Å². The normalized spacial score (nSPS) is 11.1. The van der Waals surface area contributed by atoms with Crippen LogP contribution in [0.25, 0.3) is 10.9 Å². The van der Waals surface area contributed by atoms with E-state index in [9.17, 15) is 0 Å². The molecule has 3 N–H and O–H groups in total. The van der Waals surface area contributed by atoms with Crippen LogP contribution in [0.4, 0.5) is 11.4 Å². The first-order valence-electron chi connectivity index (χ1n) is 6.56. The van der Waals surface area contributed by atoms with E-state index in [1.54, 1.807) is 0 Å². The van der Waals surface area contributed by atoms with Crippen LogP contribution in [0, 0.1) is 0 Å². The Kier molecular flexibility index (Phi) is 3.70. The highest BCUT2D eigenvalue weighted by molar-refractivity contribution is 5.93. The van der Waals surface area contributed by atoms with Crippen LogP contribution in [0.5, 0.6) is 0 Å². The van der Waals surface area contributed by atoms with Crippen LogP contribution in [0.3, 0.4) is 0 Å². The average molecular weight is 243 g/mol. The molecule has 0 saturated carbocycles. The van der Waals surface area contributed by atoms with Gasteiger partial charge in [0.05, 0.1) is 5.52 Å². The lowest BCUT2D eigenvalue weighted by atomic mass is 10.1. The van der Waals surface area contributed by atoms with Gasteiger partial charge in [-0.3, -0.25) is 4.98 Å². The van der Waals surface area contributed by atoms with E-state index in [1.165, 1.54) is 0 Å². The summed E-state index contributed by atoms with van der Waals surface area (Å²) in [7, 11) is 0. The van der Waals surface area contributed by atoms with Gasteiger partial charge in [-0.25, -0.2) is 0 Å². The molecule has 2 rings (SSSR count). The lowest BCUT2D eigenvalue weighted by Crippen LogP contribution is -2.11. The number of nitrogens with zero attached hydrogens (tertiary/aromatic N) is 1. The lowest BCUT2D eigenvalue weighted by molar-refractivity contribution is 0.880. The number of hydrogen-bond donors (Lipinski definition) is 2. The van der Waals surface area contributed by atoms with Crippen LogP contribution in [0.2, 0.25) is 0 Å². The van der Waals surface area contributed by atoms with Gasteiger partial charge in [-0.15, -0.1) is 0 Å². The van der Waals surface area contributed by atoms with Crippen LogP contribution in [0.1, 0.15) is 32.9 Å². The van der Waals surface area contributed by atoms with Gasteiger partial charge in [0.25, 0.3) is 0 Å². The second kappa shape index (κ2) is 5.25. The lowest BCUT2D eigenvalue weighted by Gasteiger charge is -2.14. The molecule has 18 heavy (non-hydrogen) atoms. The topological polar surface area (TPSA) is 50.9 Å². The fourth-order valence-electron chi connectivity index (χ4n) is 2.11. The van der Waals surface area contributed by atoms with Gasteiger partial charge in [0.15, 0.2) is 0 Å². The third-order valence-electron chi connectivity index (χ3n) is 2.84. The van der Waals surface area contributed by atoms with Crippen molar-refractivity contribution in [2.24, 2.45) is 0 Å². The highest BCUT2D eigenvalue weighted by Gasteiger charge is 2.07. The van der Waals surface area contributed by atoms with Gasteiger partial charge in [0.1, 0.15) is 0 Å². The molecule has 0 fully saturated rings. The fourth-order valence-corrected chi connectivity index (χ4v) is 2.11. The second-order valence-electron chi connectivity index (χ2n) is 4.99. The molecular weight excluding hydrogens is 222 g/mol. The van der Waals surface area contributed by atoms with Crippen molar-refractivity contribution in [1.82, 2.24) is 4.98 Å². The van der Waals surface area contributed by atoms with E-state index in [0.717, 1.165) is 40.8 Å². The van der Waals surface area contributed by atoms with Crippen molar-refractivity contribution in [1.29, 1.82) is 0 Å². The minimum atomic E-state index is 0.395. The molecule has 0 aliphatic carbocycles. The summed E-state index contributed by atoms with van der Waals surface area (Å²) in [5, 5.41) is 4.58. The summed E-state index contributed by atoms with van der Waals surface area (Å²) < 4.78 is 0. The van der Waals surface area contributed by atoms with Gasteiger partial charge >= 0.3 is 0 Å². The molecule has 1 heterocycles. The van der Waals surface area contributed by atoms with Crippen molar-refractivity contribution in [3.8, 4) is 0 Å². The second-order valence-corrected chi connectivity index (χ2v) is 4.99. The number of benzene rings is 1. The molecule has 0 aliphatic heterocycles. The summed E-state index contributed by atoms with van der Waals surface area (Å²) in [6.45, 7) is 6.44. The van der Waals surface area contributed by atoms with Crippen LogP contribution >= 0.6 is 0 Å². The van der Waals surface area contributed by atoms with Crippen molar-refractivity contribution in [2.75, 3.05) is 11.1 Å². The van der Waals surface area contributed by atoms with Gasteiger partial charge in [0.2, 0.25) is 0 Å². The summed E-state index contributed by atoms with van der Waals surface area (Å²) in [5.41, 5.74) is 9.92. The first-order valence-corrected chi connectivity index (χ1v) is 6.56. The molecule has 2 aromatic rings. The zero-order chi connectivity index (χ0) is 13.1. The SMILES string of the molecule is CCCc1cc(NC(C)C)c2cc(N)ccc2n1. The van der Waals surface area contributed by atoms with E-state index in [-0.39, 0.29) is 0 Å². The van der Waals surface area contributed by atoms with Gasteiger partial charge < -0.3 is 11.1 Å². The number of rotatable bonds is 4. The number of aryl methyl sites for hydroxylation is 1. The van der Waals surface area contributed by atoms with Gasteiger partial charge in [0, 0.05) is 28.5 Å². The van der Waals surface area contributed by atoms with Crippen LogP contribution in [-0.4, -0.2) is 11.0 Å². The number of anilines is 2. The summed E-state index contributed by atoms with van der Waals surface area (Å²) in [4.78, 5) is 4.68. The van der Waals surface area contributed by atoms with Crippen molar-refractivity contribution < 1.29 is 0 Å². The predicted molar refractivity (Wildman–Crippen MR) is 78.9 cm³/mol. The molecule has 0 amide bonds. The molecule has 3 nitrogen and oxygen atoms in total. The van der Waals surface area contributed by atoms with Crippen molar-refractivity contribution in [3.63, 3.8) is 0 Å². The standard InChI is InChI=1S/C15H21N3/c1-4-5-12-9-15(17-10(2)3)13-8-11(16)6-7-14(13)18-12/h6-10H,4-5,16H2,1-3H3,(H,17,18). The maximum absolute atomic E-state index is 5.86. The molecule has 0 atom stereocenters. The zero-order valence-electron chi connectivity index (χ0n) is 11.3. The van der Waals surface area contributed by atoms with Crippen LogP contribution < -0.4 is 11.1 Å². The molecule has 1 aromatic heterocycles. The minimum absolute atomic E-state index is 0.395. The smallest absolute Gasteiger partial charge is 0.0727 e. The van der Waals surface area contributed by atoms with Crippen molar-refractivity contribution >= 4 is 22.3 Å². The Balaban J connectivity index is 2.57. The quantitative estimate of drug-likeness (QED) is 0.807. The molecular formula is C15H21N3. The maximum Gasteiger partial charge on any atom is 0.0727 e. The number of nitrogens with one attached hydrogen (secondary N) is 1. The monoisotopic (exact) mass is 243 g/mol. The van der Waals surface area contributed by atoms with E-state index >= 15 is 0 Å². The van der Waals surface area contributed by atoms with E-state index in [1.807, 2.05) is 18.2 Å². The number of fused-ring (bicyclic) bond motifs is 1. The van der Waals surface area contributed by atoms with E-state index in [2.05, 4.69) is 37.1 Å². The molecule has 0 radical (unpaired) electrons. The Morgan fingerprint density at radius 3 is 2.72 bits per heavy atom. The number of pyridine rings is 1. The number of aromatic nitrogens is 1. The molecule has 96 valence electrons. The number of hydrogen-bond acceptors (Lipinski definition) is 3. The Morgan fingerprint density at radius 1 is 1.28 bits per heavy atom. The highest BCUT2D eigenvalue weighted by atomic mass is 14.9. The minimum Gasteiger partial charge on any atom is -0.399 e. The van der Waals surface area contributed by atoms with Crippen LogP contribution in [-0.2, 0) is 6.42 Å². The zero-order valence-corrected chi connectivity index (χ0v) is 11.3. The van der Waals surface area contributed by atoms with Crippen molar-refractivity contribution in [3.05, 3.63) is 30.0 Å². The molecule has 0 bridgehead atoms. The maximum atomic E-state index is 5.86. The molecule has 0 saturated heterocycles. The number of nitrogen functional groups attached to an aromatic ring is 1. The Morgan fingerprint density at radius 2 is 2.06 bits per heavy atom. The highest BCUT2D eigenvalue weighted by Crippen LogP contribution is 2.26. The third-order valence-corrected chi connectivity index (χ3v) is 2.84. The summed E-state index contributed by atoms with van der Waals surface area (Å²) in [6, 6.07) is 8.43. The van der Waals surface area contributed by atoms with E-state index in [4.69, 9.17) is 5.73 Å². The molecule has 0 aliphatic rings. The Bertz CT molecular complexity index is 547. The fraction of sp³-hybridized carbons (Fsp3) is 0.400. The Labute approximate surface area is 108 Å². The first kappa shape index (κ1) is 12.7. The largest absolute Gasteiger partial charge is 0.399 e. The first-order chi connectivity index (χ1) is 8.60. The summed E-state index contributed by atoms with van der Waals surface area (Å²) >= 11 is 0. The average Bonchev–Trinajstić information content (AvgIpc) is 2.30. The number of nitrogens with two attached hydrogens (primary N) is 1. The van der Waals surface area contributed by atoms with Gasteiger partial charge in [-0.1, -0.05) is 13.3 Å². The van der Waals surface area contributed by atoms with Crippen molar-refractivity contribution in [2.45, 2.75) is 39.7 Å². The van der Waals surface area contributed by atoms with Crippen LogP contribution in [0.15, 0.2) is 24.3 Å².